The van der Waals surface area contributed by atoms with E-state index >= 15 is 0 Å². The molecule has 4 nitrogen and oxygen atoms in total. The van der Waals surface area contributed by atoms with Crippen LogP contribution in [0.2, 0.25) is 0 Å². The molecule has 0 N–H and O–H groups in total. The average molecular weight is 948 g/mol. The minimum atomic E-state index is -2.70. The maximum atomic E-state index is 9.32. The van der Waals surface area contributed by atoms with Crippen LogP contribution in [-0.2, 0) is 20.1 Å². The first-order valence-corrected chi connectivity index (χ1v) is 18.7. The number of para-hydroxylation sites is 1. The molecule has 1 fully saturated rings. The van der Waals surface area contributed by atoms with E-state index in [1.807, 2.05) is 36.4 Å². The number of hydrogen-bond acceptors (Lipinski definition) is 4. The minimum absolute atomic E-state index is 0. The first-order valence-electron chi connectivity index (χ1n) is 25.7. The molecule has 1 radical (unpaired) electrons. The summed E-state index contributed by atoms with van der Waals surface area (Å²) in [6.07, 6.45) is 5.18. The molecule has 0 saturated heterocycles. The van der Waals surface area contributed by atoms with Crippen LogP contribution in [0.3, 0.4) is 0 Å². The second kappa shape index (κ2) is 17.1. The third-order valence-corrected chi connectivity index (χ3v) is 10.6. The summed E-state index contributed by atoms with van der Waals surface area (Å²) in [6.45, 7) is -5.39. The Bertz CT molecular complexity index is 3250. The standard InChI is InChI=1S/C40H35N2O.C13H12N.Ir/c1-25-21-30(28-17-19-40(3,4)20-18-28)15-16-31(25)36-22-37(42-24-26(36)2)35-10-6-9-34-33-8-5-7-32(38(33)43-39(34)35)29-13-11-27(23-41)12-14-29;1-10-3-6-12(7-4-10)13-8-5-11(2)9-14-13;/h5-9,11-16,21-22,24,28H,17-20H2,1-4H3;3-6,8-9H,1-2H3;/q2*-1;/i1D3,2D3,16D,28D;1D3,2D3;. The summed E-state index contributed by atoms with van der Waals surface area (Å²) in [6, 6.07) is 36.8. The molecular formula is C53H47IrN3O-2. The van der Waals surface area contributed by atoms with Crippen LogP contribution in [0.4, 0.5) is 0 Å². The zero-order valence-corrected chi connectivity index (χ0v) is 34.3. The van der Waals surface area contributed by atoms with Gasteiger partial charge < -0.3 is 14.4 Å². The number of nitrogens with zero attached hydrogens (tertiary/aromatic N) is 3. The SMILES string of the molecule is [2H]C([2H])([2H])c1c[c-]c(-c2ccc(C([2H])([2H])[2H])cn2)cc1.[2H]c1cc(C2([2H])CCC(C)(C)CC2)cc(C([2H])([2H])[2H])c1-c1cc(-c2[c-]ccc3c2oc2c(-c4ccc(C#N)cc4)cccc23)ncc1C([2H])([2H])[2H].[Ir]. The van der Waals surface area contributed by atoms with Crippen molar-refractivity contribution in [1.29, 1.82) is 5.26 Å². The summed E-state index contributed by atoms with van der Waals surface area (Å²) in [7, 11) is 0. The number of fused-ring (bicyclic) bond motifs is 3. The van der Waals surface area contributed by atoms with E-state index in [4.69, 9.17) is 20.9 Å². The molecule has 0 bridgehead atoms. The van der Waals surface area contributed by atoms with Gasteiger partial charge in [0.25, 0.3) is 0 Å². The van der Waals surface area contributed by atoms with E-state index < -0.39 is 33.3 Å². The van der Waals surface area contributed by atoms with Crippen LogP contribution in [0.1, 0.15) is 98.0 Å². The molecule has 9 rings (SSSR count). The smallest absolute Gasteiger partial charge is 0.128 e. The second-order valence-corrected chi connectivity index (χ2v) is 15.1. The molecule has 5 aromatic carbocycles. The predicted molar refractivity (Wildman–Crippen MR) is 234 cm³/mol. The van der Waals surface area contributed by atoms with Crippen LogP contribution in [0.25, 0.3) is 66.7 Å². The van der Waals surface area contributed by atoms with Crippen LogP contribution < -0.4 is 0 Å². The van der Waals surface area contributed by atoms with Gasteiger partial charge in [0.2, 0.25) is 0 Å². The Labute approximate surface area is 376 Å². The summed E-state index contributed by atoms with van der Waals surface area (Å²) in [5, 5.41) is 10.9. The molecule has 58 heavy (non-hydrogen) atoms. The fourth-order valence-corrected chi connectivity index (χ4v) is 7.28. The second-order valence-electron chi connectivity index (χ2n) is 15.1. The monoisotopic (exact) mass is 948 g/mol. The summed E-state index contributed by atoms with van der Waals surface area (Å²) in [5.41, 5.74) is 5.82. The molecule has 3 aromatic heterocycles. The van der Waals surface area contributed by atoms with Gasteiger partial charge in [0.05, 0.1) is 18.6 Å². The fourth-order valence-electron chi connectivity index (χ4n) is 7.28. The summed E-state index contributed by atoms with van der Waals surface area (Å²) in [4.78, 5) is 8.62. The van der Waals surface area contributed by atoms with Gasteiger partial charge in [-0.05, 0) is 120 Å². The first-order chi connectivity index (χ1) is 33.2. The maximum absolute atomic E-state index is 9.32. The van der Waals surface area contributed by atoms with Gasteiger partial charge in [-0.1, -0.05) is 98.4 Å². The number of aryl methyl sites for hydroxylation is 4. The van der Waals surface area contributed by atoms with Gasteiger partial charge in [0.1, 0.15) is 5.58 Å². The Balaban J connectivity index is 0.000000304. The third-order valence-electron chi connectivity index (χ3n) is 10.6. The van der Waals surface area contributed by atoms with Crippen molar-refractivity contribution in [3.05, 3.63) is 167 Å². The number of hydrogen-bond donors (Lipinski definition) is 0. The molecule has 0 aliphatic heterocycles. The number of benzene rings is 5. The maximum Gasteiger partial charge on any atom is 0.128 e. The summed E-state index contributed by atoms with van der Waals surface area (Å²) >= 11 is 0. The van der Waals surface area contributed by atoms with Gasteiger partial charge in [-0.15, -0.1) is 53.6 Å². The zero-order chi connectivity index (χ0) is 51.5. The van der Waals surface area contributed by atoms with E-state index in [1.165, 1.54) is 48.8 Å². The molecular weight excluding hydrogens is 887 g/mol. The molecule has 0 unspecified atom stereocenters. The number of rotatable bonds is 5. The van der Waals surface area contributed by atoms with Crippen molar-refractivity contribution in [2.45, 2.75) is 72.8 Å². The van der Waals surface area contributed by atoms with Crippen molar-refractivity contribution in [2.24, 2.45) is 5.41 Å². The van der Waals surface area contributed by atoms with E-state index in [9.17, 15) is 8.00 Å². The van der Waals surface area contributed by atoms with Crippen LogP contribution in [0.15, 0.2) is 126 Å². The van der Waals surface area contributed by atoms with Crippen LogP contribution in [-0.4, -0.2) is 9.97 Å². The van der Waals surface area contributed by atoms with Crippen molar-refractivity contribution in [3.8, 4) is 50.8 Å². The van der Waals surface area contributed by atoms with E-state index in [0.717, 1.165) is 34.7 Å². The van der Waals surface area contributed by atoms with E-state index in [0.29, 0.717) is 57.6 Å². The molecule has 1 saturated carbocycles. The van der Waals surface area contributed by atoms with E-state index in [2.05, 4.69) is 42.0 Å². The predicted octanol–water partition coefficient (Wildman–Crippen LogP) is 14.1. The topological polar surface area (TPSA) is 62.7 Å². The van der Waals surface area contributed by atoms with Gasteiger partial charge in [-0.2, -0.15) is 5.26 Å². The Morgan fingerprint density at radius 2 is 1.55 bits per heavy atom. The Morgan fingerprint density at radius 3 is 2.26 bits per heavy atom. The zero-order valence-electron chi connectivity index (χ0n) is 45.9. The summed E-state index contributed by atoms with van der Waals surface area (Å²) < 4.78 is 119. The van der Waals surface area contributed by atoms with Crippen molar-refractivity contribution in [2.75, 3.05) is 0 Å². The molecule has 0 atom stereocenters. The Hall–Kier alpha value is -5.66. The summed E-state index contributed by atoms with van der Waals surface area (Å²) in [5.74, 6) is -1.05. The molecule has 8 aromatic rings. The molecule has 1 aliphatic rings. The molecule has 0 spiro atoms. The van der Waals surface area contributed by atoms with Crippen molar-refractivity contribution >= 4 is 21.9 Å². The number of furan rings is 1. The normalized spacial score (nSPS) is 18.6. The number of aromatic nitrogens is 2. The van der Waals surface area contributed by atoms with Crippen molar-refractivity contribution in [1.82, 2.24) is 9.97 Å². The Morgan fingerprint density at radius 1 is 0.776 bits per heavy atom. The number of nitriles is 1. The van der Waals surface area contributed by atoms with Gasteiger partial charge in [-0.3, -0.25) is 0 Å². The average Bonchev–Trinajstić information content (AvgIpc) is 3.71. The van der Waals surface area contributed by atoms with Crippen LogP contribution in [0, 0.1) is 56.3 Å². The quantitative estimate of drug-likeness (QED) is 0.161. The molecule has 5 heteroatoms. The third kappa shape index (κ3) is 8.46. The van der Waals surface area contributed by atoms with Crippen molar-refractivity contribution < 1.29 is 43.7 Å². The van der Waals surface area contributed by atoms with Crippen LogP contribution >= 0.6 is 0 Å². The first kappa shape index (κ1) is 26.4. The molecule has 3 heterocycles. The van der Waals surface area contributed by atoms with Crippen LogP contribution in [0.5, 0.6) is 0 Å². The molecule has 291 valence electrons. The van der Waals surface area contributed by atoms with Gasteiger partial charge in [-0.25, -0.2) is 0 Å². The molecule has 0 amide bonds. The van der Waals surface area contributed by atoms with E-state index in [-0.39, 0.29) is 64.9 Å². The fraction of sp³-hybridized carbons (Fsp3) is 0.226. The van der Waals surface area contributed by atoms with Gasteiger partial charge in [0.15, 0.2) is 0 Å². The van der Waals surface area contributed by atoms with Gasteiger partial charge >= 0.3 is 0 Å². The Kier molecular flexibility index (Phi) is 7.75. The number of pyridine rings is 2. The largest absolute Gasteiger partial charge is 0.500 e. The minimum Gasteiger partial charge on any atom is -0.500 e. The molecule has 1 aliphatic carbocycles. The van der Waals surface area contributed by atoms with E-state index in [1.54, 1.807) is 30.3 Å². The van der Waals surface area contributed by atoms with Crippen molar-refractivity contribution in [3.63, 3.8) is 0 Å². The van der Waals surface area contributed by atoms with Gasteiger partial charge in [0, 0.05) is 61.3 Å².